The lowest BCUT2D eigenvalue weighted by Crippen LogP contribution is -2.16. The van der Waals surface area contributed by atoms with Crippen molar-refractivity contribution in [1.29, 1.82) is 0 Å². The fourth-order valence-corrected chi connectivity index (χ4v) is 2.98. The molecule has 0 amide bonds. The summed E-state index contributed by atoms with van der Waals surface area (Å²) in [6.45, 7) is 12.0. The van der Waals surface area contributed by atoms with Crippen LogP contribution < -0.4 is 0 Å². The highest BCUT2D eigenvalue weighted by Gasteiger charge is 2.16. The third-order valence-electron chi connectivity index (χ3n) is 5.44. The van der Waals surface area contributed by atoms with Gasteiger partial charge in [0.1, 0.15) is 0 Å². The van der Waals surface area contributed by atoms with Gasteiger partial charge in [-0.25, -0.2) is 4.79 Å². The Morgan fingerprint density at radius 1 is 0.962 bits per heavy atom. The monoisotopic (exact) mass is 352 g/mol. The highest BCUT2D eigenvalue weighted by atomic mass is 16.5. The zero-order valence-corrected chi connectivity index (χ0v) is 16.6. The number of ether oxygens (including phenoxy) is 1. The van der Waals surface area contributed by atoms with Gasteiger partial charge in [-0.1, -0.05) is 26.0 Å². The standard InChI is InChI=1S/C23H28O3/c1-7-14(2)19-8-10-20(11-9-19)23(25)26-13-22(24)21-12-15(3)16(4)17(5)18(21)6/h8-12,14H,7,13H2,1-6H3. The molecule has 0 fully saturated rings. The van der Waals surface area contributed by atoms with E-state index >= 15 is 0 Å². The molecular formula is C23H28O3. The molecule has 2 aromatic rings. The second-order valence-electron chi connectivity index (χ2n) is 7.05. The fraction of sp³-hybridized carbons (Fsp3) is 0.391. The minimum atomic E-state index is -0.465. The first-order chi connectivity index (χ1) is 12.3. The van der Waals surface area contributed by atoms with Crippen molar-refractivity contribution < 1.29 is 14.3 Å². The Balaban J connectivity index is 2.07. The van der Waals surface area contributed by atoms with Crippen molar-refractivity contribution in [3.63, 3.8) is 0 Å². The van der Waals surface area contributed by atoms with E-state index in [0.29, 0.717) is 17.0 Å². The molecule has 0 radical (unpaired) electrons. The van der Waals surface area contributed by atoms with Gasteiger partial charge >= 0.3 is 5.97 Å². The van der Waals surface area contributed by atoms with Crippen LogP contribution in [0.3, 0.4) is 0 Å². The molecule has 1 unspecified atom stereocenters. The van der Waals surface area contributed by atoms with Gasteiger partial charge in [0.25, 0.3) is 0 Å². The Morgan fingerprint density at radius 3 is 2.15 bits per heavy atom. The lowest BCUT2D eigenvalue weighted by molar-refractivity contribution is 0.0474. The third-order valence-corrected chi connectivity index (χ3v) is 5.44. The van der Waals surface area contributed by atoms with E-state index in [1.807, 2.05) is 39.0 Å². The molecule has 26 heavy (non-hydrogen) atoms. The van der Waals surface area contributed by atoms with Crippen molar-refractivity contribution in [3.8, 4) is 0 Å². The van der Waals surface area contributed by atoms with Crippen molar-refractivity contribution >= 4 is 11.8 Å². The quantitative estimate of drug-likeness (QED) is 0.511. The minimum Gasteiger partial charge on any atom is -0.454 e. The fourth-order valence-electron chi connectivity index (χ4n) is 2.98. The van der Waals surface area contributed by atoms with Crippen LogP contribution in [0.2, 0.25) is 0 Å². The van der Waals surface area contributed by atoms with E-state index in [0.717, 1.165) is 23.1 Å². The highest BCUT2D eigenvalue weighted by molar-refractivity contribution is 6.01. The molecular weight excluding hydrogens is 324 g/mol. The van der Waals surface area contributed by atoms with E-state index in [1.165, 1.54) is 11.1 Å². The smallest absolute Gasteiger partial charge is 0.338 e. The summed E-state index contributed by atoms with van der Waals surface area (Å²) < 4.78 is 5.25. The Bertz CT molecular complexity index is 816. The second kappa shape index (κ2) is 8.31. The SMILES string of the molecule is CCC(C)c1ccc(C(=O)OCC(=O)c2cc(C)c(C)c(C)c2C)cc1. The van der Waals surface area contributed by atoms with Crippen molar-refractivity contribution in [2.45, 2.75) is 53.9 Å². The van der Waals surface area contributed by atoms with Crippen molar-refractivity contribution in [2.24, 2.45) is 0 Å². The normalized spacial score (nSPS) is 11.9. The summed E-state index contributed by atoms with van der Waals surface area (Å²) in [5.74, 6) is -0.178. The summed E-state index contributed by atoms with van der Waals surface area (Å²) in [7, 11) is 0. The molecule has 0 spiro atoms. The maximum absolute atomic E-state index is 12.5. The highest BCUT2D eigenvalue weighted by Crippen LogP contribution is 2.22. The van der Waals surface area contributed by atoms with Crippen LogP contribution in [0.25, 0.3) is 0 Å². The van der Waals surface area contributed by atoms with Crippen LogP contribution in [0, 0.1) is 27.7 Å². The first kappa shape index (κ1) is 19.9. The molecule has 0 aliphatic carbocycles. The number of carbonyl (C=O) groups excluding carboxylic acids is 2. The molecule has 2 rings (SSSR count). The maximum Gasteiger partial charge on any atom is 0.338 e. The molecule has 0 aliphatic rings. The van der Waals surface area contributed by atoms with Gasteiger partial charge in [-0.15, -0.1) is 0 Å². The Morgan fingerprint density at radius 2 is 1.58 bits per heavy atom. The van der Waals surface area contributed by atoms with E-state index in [2.05, 4.69) is 20.8 Å². The first-order valence-electron chi connectivity index (χ1n) is 9.13. The molecule has 0 saturated heterocycles. The summed E-state index contributed by atoms with van der Waals surface area (Å²) >= 11 is 0. The Kier molecular flexibility index (Phi) is 6.36. The predicted molar refractivity (Wildman–Crippen MR) is 105 cm³/mol. The minimum absolute atomic E-state index is 0.168. The van der Waals surface area contributed by atoms with Crippen LogP contribution in [0.1, 0.15) is 74.7 Å². The van der Waals surface area contributed by atoms with Crippen molar-refractivity contribution in [1.82, 2.24) is 0 Å². The molecule has 0 heterocycles. The number of aryl methyl sites for hydroxylation is 1. The van der Waals surface area contributed by atoms with Gasteiger partial charge in [0.05, 0.1) is 5.56 Å². The van der Waals surface area contributed by atoms with Crippen LogP contribution in [0.4, 0.5) is 0 Å². The second-order valence-corrected chi connectivity index (χ2v) is 7.05. The van der Waals surface area contributed by atoms with Crippen LogP contribution in [-0.2, 0) is 4.74 Å². The number of Topliss-reactive ketones (excluding diaryl/α,β-unsaturated/α-hetero) is 1. The average Bonchev–Trinajstić information content (AvgIpc) is 2.66. The summed E-state index contributed by atoms with van der Waals surface area (Å²) in [4.78, 5) is 24.8. The molecule has 0 N–H and O–H groups in total. The molecule has 3 heteroatoms. The van der Waals surface area contributed by atoms with Gasteiger partial charge in [0.15, 0.2) is 6.61 Å². The molecule has 2 aromatic carbocycles. The van der Waals surface area contributed by atoms with Crippen LogP contribution >= 0.6 is 0 Å². The average molecular weight is 352 g/mol. The molecule has 0 aromatic heterocycles. The lowest BCUT2D eigenvalue weighted by Gasteiger charge is -2.14. The topological polar surface area (TPSA) is 43.4 Å². The summed E-state index contributed by atoms with van der Waals surface area (Å²) in [5, 5.41) is 0. The Labute approximate surface area is 156 Å². The lowest BCUT2D eigenvalue weighted by atomic mass is 9.93. The molecule has 138 valence electrons. The Hall–Kier alpha value is -2.42. The van der Waals surface area contributed by atoms with E-state index in [1.54, 1.807) is 12.1 Å². The molecule has 0 bridgehead atoms. The van der Waals surface area contributed by atoms with E-state index in [-0.39, 0.29) is 12.4 Å². The summed E-state index contributed by atoms with van der Waals surface area (Å²) in [6.07, 6.45) is 1.05. The summed E-state index contributed by atoms with van der Waals surface area (Å²) in [5.41, 5.74) is 6.62. The van der Waals surface area contributed by atoms with E-state index in [9.17, 15) is 9.59 Å². The number of hydrogen-bond acceptors (Lipinski definition) is 3. The number of hydrogen-bond donors (Lipinski definition) is 0. The number of esters is 1. The van der Waals surface area contributed by atoms with Gasteiger partial charge in [0.2, 0.25) is 5.78 Å². The zero-order chi connectivity index (χ0) is 19.4. The molecule has 0 saturated carbocycles. The van der Waals surface area contributed by atoms with Crippen molar-refractivity contribution in [2.75, 3.05) is 6.61 Å². The predicted octanol–water partition coefficient (Wildman–Crippen LogP) is 5.47. The van der Waals surface area contributed by atoms with Gasteiger partial charge in [-0.05, 0) is 86.1 Å². The number of rotatable bonds is 6. The van der Waals surface area contributed by atoms with Crippen molar-refractivity contribution in [3.05, 3.63) is 69.3 Å². The largest absolute Gasteiger partial charge is 0.454 e. The van der Waals surface area contributed by atoms with Crippen LogP contribution in [-0.4, -0.2) is 18.4 Å². The van der Waals surface area contributed by atoms with E-state index < -0.39 is 5.97 Å². The maximum atomic E-state index is 12.5. The van der Waals surface area contributed by atoms with Gasteiger partial charge in [-0.3, -0.25) is 4.79 Å². The van der Waals surface area contributed by atoms with E-state index in [4.69, 9.17) is 4.74 Å². The molecule has 3 nitrogen and oxygen atoms in total. The third kappa shape index (κ3) is 4.21. The van der Waals surface area contributed by atoms with Gasteiger partial charge in [0, 0.05) is 5.56 Å². The van der Waals surface area contributed by atoms with Gasteiger partial charge in [-0.2, -0.15) is 0 Å². The molecule has 0 aliphatic heterocycles. The van der Waals surface area contributed by atoms with Crippen LogP contribution in [0.5, 0.6) is 0 Å². The first-order valence-corrected chi connectivity index (χ1v) is 9.13. The zero-order valence-electron chi connectivity index (χ0n) is 16.6. The number of benzene rings is 2. The number of carbonyl (C=O) groups is 2. The molecule has 1 atom stereocenters. The van der Waals surface area contributed by atoms with Gasteiger partial charge < -0.3 is 4.74 Å². The summed E-state index contributed by atoms with van der Waals surface area (Å²) in [6, 6.07) is 9.31. The van der Waals surface area contributed by atoms with Crippen LogP contribution in [0.15, 0.2) is 30.3 Å². The number of ketones is 1.